The fourth-order valence-electron chi connectivity index (χ4n) is 1.93. The van der Waals surface area contributed by atoms with Crippen molar-refractivity contribution in [3.05, 3.63) is 35.5 Å². The number of aryl methyl sites for hydroxylation is 2. The first-order valence-corrected chi connectivity index (χ1v) is 5.83. The molecule has 6 heteroatoms. The first-order chi connectivity index (χ1) is 8.84. The van der Waals surface area contributed by atoms with Gasteiger partial charge in [0.25, 0.3) is 0 Å². The Kier molecular flexibility index (Phi) is 3.26. The predicted octanol–water partition coefficient (Wildman–Crippen LogP) is 3.25. The van der Waals surface area contributed by atoms with E-state index in [-0.39, 0.29) is 11.4 Å². The molecule has 0 radical (unpaired) electrons. The van der Waals surface area contributed by atoms with Crippen LogP contribution in [0.1, 0.15) is 18.2 Å². The zero-order valence-electron chi connectivity index (χ0n) is 10.6. The number of nitrogens with two attached hydrogens (primary N) is 1. The first-order valence-electron chi connectivity index (χ1n) is 5.83. The molecular formula is C13H14F3N3. The van der Waals surface area contributed by atoms with Gasteiger partial charge >= 0.3 is 6.18 Å². The van der Waals surface area contributed by atoms with Crippen LogP contribution < -0.4 is 5.73 Å². The quantitative estimate of drug-likeness (QED) is 0.909. The fourth-order valence-corrected chi connectivity index (χ4v) is 1.93. The number of alkyl halides is 3. The Balaban J connectivity index is 2.60. The highest BCUT2D eigenvalue weighted by Crippen LogP contribution is 2.39. The van der Waals surface area contributed by atoms with Crippen molar-refractivity contribution in [2.75, 3.05) is 5.73 Å². The van der Waals surface area contributed by atoms with Crippen LogP contribution in [-0.4, -0.2) is 9.78 Å². The lowest BCUT2D eigenvalue weighted by atomic mass is 10.0. The summed E-state index contributed by atoms with van der Waals surface area (Å²) in [5, 5.41) is 3.47. The molecule has 0 amide bonds. The van der Waals surface area contributed by atoms with Crippen LogP contribution in [0.15, 0.2) is 24.3 Å². The standard InChI is InChI=1S/C13H14F3N3/c1-3-8-4-6-9(7-5-8)10-11(13(14,15)16)18-19(2)12(10)17/h4-7H,3,17H2,1-2H3. The number of halogens is 3. The van der Waals surface area contributed by atoms with Gasteiger partial charge < -0.3 is 5.73 Å². The number of rotatable bonds is 2. The van der Waals surface area contributed by atoms with Crippen LogP contribution in [0.3, 0.4) is 0 Å². The molecule has 2 aromatic rings. The lowest BCUT2D eigenvalue weighted by Crippen LogP contribution is -2.08. The van der Waals surface area contributed by atoms with Crippen molar-refractivity contribution in [1.82, 2.24) is 9.78 Å². The topological polar surface area (TPSA) is 43.8 Å². The monoisotopic (exact) mass is 269 g/mol. The average Bonchev–Trinajstić information content (AvgIpc) is 2.66. The first kappa shape index (κ1) is 13.5. The fraction of sp³-hybridized carbons (Fsp3) is 0.308. The van der Waals surface area contributed by atoms with Crippen molar-refractivity contribution < 1.29 is 13.2 Å². The highest BCUT2D eigenvalue weighted by molar-refractivity contribution is 5.77. The molecule has 0 unspecified atom stereocenters. The van der Waals surface area contributed by atoms with Gasteiger partial charge in [-0.05, 0) is 17.5 Å². The minimum absolute atomic E-state index is 0.0107. The Hall–Kier alpha value is -1.98. The summed E-state index contributed by atoms with van der Waals surface area (Å²) >= 11 is 0. The minimum Gasteiger partial charge on any atom is -0.383 e. The van der Waals surface area contributed by atoms with Crippen molar-refractivity contribution in [3.63, 3.8) is 0 Å². The van der Waals surface area contributed by atoms with E-state index in [0.29, 0.717) is 5.56 Å². The number of nitrogens with zero attached hydrogens (tertiary/aromatic N) is 2. The minimum atomic E-state index is -4.52. The SMILES string of the molecule is CCc1ccc(-c2c(C(F)(F)F)nn(C)c2N)cc1. The Labute approximate surface area is 108 Å². The van der Waals surface area contributed by atoms with Gasteiger partial charge in [0.15, 0.2) is 5.69 Å². The normalized spacial score (nSPS) is 11.8. The van der Waals surface area contributed by atoms with Crippen LogP contribution in [0.25, 0.3) is 11.1 Å². The second-order valence-corrected chi connectivity index (χ2v) is 4.28. The molecule has 0 saturated heterocycles. The van der Waals surface area contributed by atoms with Crippen molar-refractivity contribution in [2.45, 2.75) is 19.5 Å². The lowest BCUT2D eigenvalue weighted by molar-refractivity contribution is -0.140. The Bertz CT molecular complexity index is 582. The second-order valence-electron chi connectivity index (χ2n) is 4.28. The van der Waals surface area contributed by atoms with Crippen LogP contribution in [0, 0.1) is 0 Å². The molecule has 0 bridgehead atoms. The molecule has 2 rings (SSSR count). The number of nitrogen functional groups attached to an aromatic ring is 1. The summed E-state index contributed by atoms with van der Waals surface area (Å²) < 4.78 is 39.9. The van der Waals surface area contributed by atoms with Gasteiger partial charge in [-0.2, -0.15) is 18.3 Å². The van der Waals surface area contributed by atoms with E-state index < -0.39 is 11.9 Å². The highest BCUT2D eigenvalue weighted by Gasteiger charge is 2.38. The van der Waals surface area contributed by atoms with Gasteiger partial charge in [-0.15, -0.1) is 0 Å². The van der Waals surface area contributed by atoms with E-state index >= 15 is 0 Å². The second kappa shape index (κ2) is 4.60. The van der Waals surface area contributed by atoms with Gasteiger partial charge in [-0.1, -0.05) is 31.2 Å². The van der Waals surface area contributed by atoms with Crippen molar-refractivity contribution in [1.29, 1.82) is 0 Å². The maximum absolute atomic E-state index is 12.9. The molecular weight excluding hydrogens is 255 g/mol. The summed E-state index contributed by atoms with van der Waals surface area (Å²) in [7, 11) is 1.40. The molecule has 0 aliphatic carbocycles. The van der Waals surface area contributed by atoms with E-state index in [1.54, 1.807) is 24.3 Å². The maximum atomic E-state index is 12.9. The van der Waals surface area contributed by atoms with Gasteiger partial charge in [0.05, 0.1) is 5.56 Å². The summed E-state index contributed by atoms with van der Waals surface area (Å²) in [6.45, 7) is 1.98. The third-order valence-corrected chi connectivity index (χ3v) is 3.01. The summed E-state index contributed by atoms with van der Waals surface area (Å²) in [5.74, 6) is 0.0107. The van der Waals surface area contributed by atoms with Crippen molar-refractivity contribution in [3.8, 4) is 11.1 Å². The Morgan fingerprint density at radius 2 is 1.79 bits per heavy atom. The highest BCUT2D eigenvalue weighted by atomic mass is 19.4. The Morgan fingerprint density at radius 1 is 1.21 bits per heavy atom. The van der Waals surface area contributed by atoms with E-state index in [1.165, 1.54) is 7.05 Å². The third-order valence-electron chi connectivity index (χ3n) is 3.01. The number of benzene rings is 1. The molecule has 102 valence electrons. The molecule has 3 nitrogen and oxygen atoms in total. The summed E-state index contributed by atoms with van der Waals surface area (Å²) in [5.41, 5.74) is 6.18. The van der Waals surface area contributed by atoms with Gasteiger partial charge in [-0.25, -0.2) is 0 Å². The summed E-state index contributed by atoms with van der Waals surface area (Å²) in [4.78, 5) is 0. The van der Waals surface area contributed by atoms with E-state index in [9.17, 15) is 13.2 Å². The molecule has 0 aliphatic rings. The van der Waals surface area contributed by atoms with Crippen LogP contribution in [0.2, 0.25) is 0 Å². The molecule has 0 aliphatic heterocycles. The Morgan fingerprint density at radius 3 is 2.26 bits per heavy atom. The van der Waals surface area contributed by atoms with Crippen LogP contribution in [0.4, 0.5) is 19.0 Å². The van der Waals surface area contributed by atoms with Crippen molar-refractivity contribution in [2.24, 2.45) is 7.05 Å². The summed E-state index contributed by atoms with van der Waals surface area (Å²) in [6, 6.07) is 6.87. The molecule has 0 atom stereocenters. The average molecular weight is 269 g/mol. The van der Waals surface area contributed by atoms with Crippen LogP contribution in [0.5, 0.6) is 0 Å². The van der Waals surface area contributed by atoms with Crippen LogP contribution >= 0.6 is 0 Å². The molecule has 1 aromatic heterocycles. The maximum Gasteiger partial charge on any atom is 0.435 e. The van der Waals surface area contributed by atoms with E-state index in [4.69, 9.17) is 5.73 Å². The van der Waals surface area contributed by atoms with Gasteiger partial charge in [-0.3, -0.25) is 4.68 Å². The molecule has 2 N–H and O–H groups in total. The summed E-state index contributed by atoms with van der Waals surface area (Å²) in [6.07, 6.45) is -3.69. The van der Waals surface area contributed by atoms with E-state index in [2.05, 4.69) is 5.10 Å². The largest absolute Gasteiger partial charge is 0.435 e. The van der Waals surface area contributed by atoms with Gasteiger partial charge in [0.2, 0.25) is 0 Å². The number of anilines is 1. The number of hydrogen-bond acceptors (Lipinski definition) is 2. The van der Waals surface area contributed by atoms with E-state index in [1.807, 2.05) is 6.92 Å². The lowest BCUT2D eigenvalue weighted by Gasteiger charge is -2.07. The predicted molar refractivity (Wildman–Crippen MR) is 67.4 cm³/mol. The molecule has 0 spiro atoms. The van der Waals surface area contributed by atoms with Gasteiger partial charge in [0, 0.05) is 7.05 Å². The third kappa shape index (κ3) is 2.43. The van der Waals surface area contributed by atoms with E-state index in [0.717, 1.165) is 16.7 Å². The van der Waals surface area contributed by atoms with Crippen LogP contribution in [-0.2, 0) is 19.6 Å². The molecule has 0 saturated carbocycles. The molecule has 0 fully saturated rings. The zero-order valence-corrected chi connectivity index (χ0v) is 10.6. The van der Waals surface area contributed by atoms with Crippen molar-refractivity contribution >= 4 is 5.82 Å². The number of aromatic nitrogens is 2. The molecule has 1 aromatic carbocycles. The number of hydrogen-bond donors (Lipinski definition) is 1. The zero-order chi connectivity index (χ0) is 14.2. The smallest absolute Gasteiger partial charge is 0.383 e. The molecule has 1 heterocycles. The van der Waals surface area contributed by atoms with Gasteiger partial charge in [0.1, 0.15) is 5.82 Å². The molecule has 19 heavy (non-hydrogen) atoms.